The van der Waals surface area contributed by atoms with Gasteiger partial charge in [0.1, 0.15) is 5.01 Å². The monoisotopic (exact) mass is 420 g/mol. The molecule has 0 bridgehead atoms. The molecule has 9 heteroatoms. The Morgan fingerprint density at radius 2 is 1.72 bits per heavy atom. The minimum Gasteiger partial charge on any atom is -0.451 e. The van der Waals surface area contributed by atoms with Crippen LogP contribution in [0.5, 0.6) is 0 Å². The third-order valence-electron chi connectivity index (χ3n) is 3.84. The van der Waals surface area contributed by atoms with E-state index in [-0.39, 0.29) is 11.4 Å². The standard InChI is InChI=1S/C20H15F3N2O3S/c1-12-2-4-13(5-3-12)18-25-16(11-29-18)19(27)28-10-17(26)24-15-8-6-14(7-9-15)20(21,22)23/h2-9,11H,10H2,1H3,(H,24,26). The molecule has 1 heterocycles. The number of nitrogens with zero attached hydrogens (tertiary/aromatic N) is 1. The number of hydrogen-bond donors (Lipinski definition) is 1. The number of alkyl halides is 3. The second-order valence-electron chi connectivity index (χ2n) is 6.10. The average molecular weight is 420 g/mol. The second-order valence-corrected chi connectivity index (χ2v) is 6.96. The normalized spacial score (nSPS) is 11.2. The maximum Gasteiger partial charge on any atom is 0.416 e. The molecule has 0 radical (unpaired) electrons. The summed E-state index contributed by atoms with van der Waals surface area (Å²) in [7, 11) is 0. The SMILES string of the molecule is Cc1ccc(-c2nc(C(=O)OCC(=O)Nc3ccc(C(F)(F)F)cc3)cs2)cc1. The van der Waals surface area contributed by atoms with Crippen LogP contribution in [-0.2, 0) is 15.7 Å². The number of amides is 1. The molecule has 0 saturated carbocycles. The zero-order chi connectivity index (χ0) is 21.0. The third-order valence-corrected chi connectivity index (χ3v) is 4.73. The van der Waals surface area contributed by atoms with Crippen LogP contribution in [-0.4, -0.2) is 23.5 Å². The van der Waals surface area contributed by atoms with Crippen LogP contribution in [0, 0.1) is 6.92 Å². The number of carbonyl (C=O) groups excluding carboxylic acids is 2. The highest BCUT2D eigenvalue weighted by molar-refractivity contribution is 7.13. The van der Waals surface area contributed by atoms with E-state index >= 15 is 0 Å². The van der Waals surface area contributed by atoms with Crippen LogP contribution >= 0.6 is 11.3 Å². The number of esters is 1. The fraction of sp³-hybridized carbons (Fsp3) is 0.150. The Kier molecular flexibility index (Phi) is 5.97. The van der Waals surface area contributed by atoms with Gasteiger partial charge in [-0.3, -0.25) is 4.79 Å². The van der Waals surface area contributed by atoms with Crippen LogP contribution in [0.2, 0.25) is 0 Å². The molecule has 0 unspecified atom stereocenters. The zero-order valence-corrected chi connectivity index (χ0v) is 15.9. The molecule has 1 amide bonds. The summed E-state index contributed by atoms with van der Waals surface area (Å²) >= 11 is 1.27. The molecule has 29 heavy (non-hydrogen) atoms. The third kappa shape index (κ3) is 5.41. The highest BCUT2D eigenvalue weighted by Crippen LogP contribution is 2.29. The number of ether oxygens (including phenoxy) is 1. The first-order chi connectivity index (χ1) is 13.7. The quantitative estimate of drug-likeness (QED) is 0.594. The zero-order valence-electron chi connectivity index (χ0n) is 15.1. The Hall–Kier alpha value is -3.20. The van der Waals surface area contributed by atoms with E-state index in [4.69, 9.17) is 4.74 Å². The van der Waals surface area contributed by atoms with Gasteiger partial charge in [0.05, 0.1) is 5.56 Å². The number of aromatic nitrogens is 1. The van der Waals surface area contributed by atoms with Crippen LogP contribution in [0.1, 0.15) is 21.6 Å². The van der Waals surface area contributed by atoms with Gasteiger partial charge in [0.25, 0.3) is 5.91 Å². The molecule has 150 valence electrons. The van der Waals surface area contributed by atoms with Gasteiger partial charge in [0.2, 0.25) is 0 Å². The van der Waals surface area contributed by atoms with Gasteiger partial charge in [-0.25, -0.2) is 9.78 Å². The molecule has 0 spiro atoms. The summed E-state index contributed by atoms with van der Waals surface area (Å²) in [6, 6.07) is 11.6. The summed E-state index contributed by atoms with van der Waals surface area (Å²) in [5.41, 5.74) is 1.38. The Morgan fingerprint density at radius 1 is 1.07 bits per heavy atom. The van der Waals surface area contributed by atoms with Crippen molar-refractivity contribution in [3.63, 3.8) is 0 Å². The van der Waals surface area contributed by atoms with E-state index in [1.165, 1.54) is 16.7 Å². The van der Waals surface area contributed by atoms with Crippen LogP contribution in [0.15, 0.2) is 53.9 Å². The Balaban J connectivity index is 1.54. The lowest BCUT2D eigenvalue weighted by Crippen LogP contribution is -2.21. The fourth-order valence-electron chi connectivity index (χ4n) is 2.34. The van der Waals surface area contributed by atoms with E-state index in [0.29, 0.717) is 5.01 Å². The first-order valence-electron chi connectivity index (χ1n) is 8.39. The Morgan fingerprint density at radius 3 is 2.34 bits per heavy atom. The molecule has 3 aromatic rings. The lowest BCUT2D eigenvalue weighted by molar-refractivity contribution is -0.137. The number of carbonyl (C=O) groups is 2. The lowest BCUT2D eigenvalue weighted by atomic mass is 10.2. The van der Waals surface area contributed by atoms with Crippen LogP contribution in [0.4, 0.5) is 18.9 Å². The number of halogens is 3. The summed E-state index contributed by atoms with van der Waals surface area (Å²) < 4.78 is 42.5. The average Bonchev–Trinajstić information content (AvgIpc) is 3.17. The number of anilines is 1. The van der Waals surface area contributed by atoms with Crippen molar-refractivity contribution in [1.29, 1.82) is 0 Å². The molecule has 0 aliphatic rings. The highest BCUT2D eigenvalue weighted by Gasteiger charge is 2.30. The lowest BCUT2D eigenvalue weighted by Gasteiger charge is -2.09. The fourth-order valence-corrected chi connectivity index (χ4v) is 3.14. The number of hydrogen-bond acceptors (Lipinski definition) is 5. The van der Waals surface area contributed by atoms with Crippen molar-refractivity contribution < 1.29 is 27.5 Å². The molecule has 2 aromatic carbocycles. The number of thiazole rings is 1. The van der Waals surface area contributed by atoms with Crippen LogP contribution in [0.3, 0.4) is 0 Å². The maximum absolute atomic E-state index is 12.5. The number of rotatable bonds is 5. The predicted octanol–water partition coefficient (Wildman–Crippen LogP) is 4.93. The van der Waals surface area contributed by atoms with Crippen molar-refractivity contribution in [2.24, 2.45) is 0 Å². The van der Waals surface area contributed by atoms with E-state index in [1.54, 1.807) is 0 Å². The van der Waals surface area contributed by atoms with Crippen molar-refractivity contribution in [2.45, 2.75) is 13.1 Å². The molecule has 1 aromatic heterocycles. The van der Waals surface area contributed by atoms with E-state index < -0.39 is 30.2 Å². The van der Waals surface area contributed by atoms with Gasteiger partial charge in [-0.15, -0.1) is 11.3 Å². The molecule has 5 nitrogen and oxygen atoms in total. The molecule has 0 aliphatic heterocycles. The summed E-state index contributed by atoms with van der Waals surface area (Å²) in [6.45, 7) is 1.38. The van der Waals surface area contributed by atoms with Gasteiger partial charge in [-0.05, 0) is 31.2 Å². The van der Waals surface area contributed by atoms with Crippen molar-refractivity contribution in [2.75, 3.05) is 11.9 Å². The predicted molar refractivity (Wildman–Crippen MR) is 103 cm³/mol. The molecule has 3 rings (SSSR count). The Bertz CT molecular complexity index is 1010. The molecule has 0 aliphatic carbocycles. The molecule has 0 atom stereocenters. The van der Waals surface area contributed by atoms with Crippen molar-refractivity contribution in [3.8, 4) is 10.6 Å². The van der Waals surface area contributed by atoms with Gasteiger partial charge < -0.3 is 10.1 Å². The summed E-state index contributed by atoms with van der Waals surface area (Å²) in [6.07, 6.45) is -4.46. The second kappa shape index (κ2) is 8.44. The minimum atomic E-state index is -4.46. The van der Waals surface area contributed by atoms with Gasteiger partial charge in [0.15, 0.2) is 12.3 Å². The van der Waals surface area contributed by atoms with Crippen molar-refractivity contribution in [1.82, 2.24) is 4.98 Å². The first-order valence-corrected chi connectivity index (χ1v) is 9.27. The van der Waals surface area contributed by atoms with Gasteiger partial charge in [-0.1, -0.05) is 29.8 Å². The number of benzene rings is 2. The van der Waals surface area contributed by atoms with Crippen LogP contribution < -0.4 is 5.32 Å². The van der Waals surface area contributed by atoms with Gasteiger partial charge in [-0.2, -0.15) is 13.2 Å². The smallest absolute Gasteiger partial charge is 0.416 e. The molecular formula is C20H15F3N2O3S. The number of nitrogens with one attached hydrogen (secondary N) is 1. The van der Waals surface area contributed by atoms with E-state index in [9.17, 15) is 22.8 Å². The minimum absolute atomic E-state index is 0.0768. The maximum atomic E-state index is 12.5. The van der Waals surface area contributed by atoms with Gasteiger partial charge in [0, 0.05) is 16.6 Å². The van der Waals surface area contributed by atoms with E-state index in [0.717, 1.165) is 35.4 Å². The van der Waals surface area contributed by atoms with Gasteiger partial charge >= 0.3 is 12.1 Å². The van der Waals surface area contributed by atoms with Crippen molar-refractivity contribution >= 4 is 28.9 Å². The molecule has 0 saturated heterocycles. The van der Waals surface area contributed by atoms with Crippen molar-refractivity contribution in [3.05, 3.63) is 70.7 Å². The van der Waals surface area contributed by atoms with Crippen LogP contribution in [0.25, 0.3) is 10.6 Å². The topological polar surface area (TPSA) is 68.3 Å². The van der Waals surface area contributed by atoms with E-state index in [2.05, 4.69) is 10.3 Å². The number of aryl methyl sites for hydroxylation is 1. The first kappa shape index (κ1) is 20.5. The molecule has 0 fully saturated rings. The largest absolute Gasteiger partial charge is 0.451 e. The van der Waals surface area contributed by atoms with E-state index in [1.807, 2.05) is 31.2 Å². The summed E-state index contributed by atoms with van der Waals surface area (Å²) in [5, 5.41) is 4.54. The summed E-state index contributed by atoms with van der Waals surface area (Å²) in [4.78, 5) is 28.1. The molecular weight excluding hydrogens is 405 g/mol. The Labute approximate surface area is 168 Å². The highest BCUT2D eigenvalue weighted by atomic mass is 32.1. The summed E-state index contributed by atoms with van der Waals surface area (Å²) in [5.74, 6) is -1.44. The molecule has 1 N–H and O–H groups in total.